The molecule has 5 heteroatoms. The molecule has 0 aliphatic carbocycles. The van der Waals surface area contributed by atoms with E-state index in [9.17, 15) is 22.7 Å². The zero-order valence-electron chi connectivity index (χ0n) is 17.4. The molecule has 0 saturated carbocycles. The lowest BCUT2D eigenvalue weighted by molar-refractivity contribution is -0.137. The van der Waals surface area contributed by atoms with Crippen molar-refractivity contribution in [3.05, 3.63) is 100 Å². The van der Waals surface area contributed by atoms with Gasteiger partial charge in [-0.3, -0.25) is 0 Å². The second-order valence-corrected chi connectivity index (χ2v) is 7.78. The van der Waals surface area contributed by atoms with Gasteiger partial charge in [-0.2, -0.15) is 13.2 Å². The monoisotopic (exact) mass is 428 g/mol. The molecule has 0 heterocycles. The van der Waals surface area contributed by atoms with Crippen LogP contribution in [0.25, 0.3) is 17.2 Å². The average molecular weight is 428 g/mol. The van der Waals surface area contributed by atoms with Gasteiger partial charge >= 0.3 is 6.18 Å². The number of rotatable bonds is 6. The molecule has 0 atom stereocenters. The van der Waals surface area contributed by atoms with Crippen LogP contribution < -0.4 is 0 Å². The van der Waals surface area contributed by atoms with Crippen LogP contribution in [0, 0.1) is 5.82 Å². The minimum atomic E-state index is -4.39. The first-order valence-corrected chi connectivity index (χ1v) is 9.99. The van der Waals surface area contributed by atoms with Gasteiger partial charge in [-0.1, -0.05) is 56.8 Å². The molecule has 1 N–H and O–H groups in total. The van der Waals surface area contributed by atoms with E-state index in [-0.39, 0.29) is 18.3 Å². The molecule has 1 nitrogen and oxygen atoms in total. The van der Waals surface area contributed by atoms with Gasteiger partial charge in [0.15, 0.2) is 0 Å². The summed E-state index contributed by atoms with van der Waals surface area (Å²) in [4.78, 5) is 0. The fourth-order valence-electron chi connectivity index (χ4n) is 3.85. The summed E-state index contributed by atoms with van der Waals surface area (Å²) in [5.41, 5.74) is 4.86. The number of aliphatic hydroxyl groups excluding tert-OH is 1. The third-order valence-electron chi connectivity index (χ3n) is 5.41. The Kier molecular flexibility index (Phi) is 6.65. The van der Waals surface area contributed by atoms with E-state index in [1.54, 1.807) is 18.2 Å². The molecule has 3 rings (SSSR count). The molecule has 0 radical (unpaired) electrons. The van der Waals surface area contributed by atoms with Crippen molar-refractivity contribution in [1.82, 2.24) is 0 Å². The number of alkyl halides is 3. The van der Waals surface area contributed by atoms with Crippen LogP contribution in [-0.4, -0.2) is 5.11 Å². The summed E-state index contributed by atoms with van der Waals surface area (Å²) < 4.78 is 52.4. The highest BCUT2D eigenvalue weighted by atomic mass is 19.4. The summed E-state index contributed by atoms with van der Waals surface area (Å²) in [7, 11) is 0. The van der Waals surface area contributed by atoms with Crippen molar-refractivity contribution in [1.29, 1.82) is 0 Å². The number of aliphatic hydroxyl groups is 1. The van der Waals surface area contributed by atoms with Crippen LogP contribution in [0.5, 0.6) is 0 Å². The predicted molar refractivity (Wildman–Crippen MR) is 116 cm³/mol. The molecule has 0 saturated heterocycles. The lowest BCUT2D eigenvalue weighted by atomic mass is 9.82. The quantitative estimate of drug-likeness (QED) is 0.407. The van der Waals surface area contributed by atoms with Gasteiger partial charge in [0, 0.05) is 0 Å². The Hall–Kier alpha value is -2.92. The summed E-state index contributed by atoms with van der Waals surface area (Å²) in [5.74, 6) is -0.252. The van der Waals surface area contributed by atoms with E-state index < -0.39 is 11.7 Å². The molecule has 0 aliphatic heterocycles. The Bertz CT molecular complexity index is 1060. The number of halogens is 4. The Morgan fingerprint density at radius 1 is 0.968 bits per heavy atom. The van der Waals surface area contributed by atoms with E-state index >= 15 is 0 Å². The highest BCUT2D eigenvalue weighted by Crippen LogP contribution is 2.38. The molecule has 31 heavy (non-hydrogen) atoms. The maximum Gasteiger partial charge on any atom is 0.416 e. The van der Waals surface area contributed by atoms with Gasteiger partial charge in [-0.05, 0) is 75.5 Å². The zero-order valence-corrected chi connectivity index (χ0v) is 17.4. The molecular formula is C26H24F4O. The van der Waals surface area contributed by atoms with E-state index in [0.29, 0.717) is 17.5 Å². The number of benzene rings is 3. The van der Waals surface area contributed by atoms with Gasteiger partial charge in [-0.25, -0.2) is 4.39 Å². The van der Waals surface area contributed by atoms with Gasteiger partial charge in [0.2, 0.25) is 0 Å². The van der Waals surface area contributed by atoms with E-state index in [1.165, 1.54) is 24.3 Å². The number of hydrogen-bond acceptors (Lipinski definition) is 1. The van der Waals surface area contributed by atoms with Crippen molar-refractivity contribution < 1.29 is 22.7 Å². The first-order chi connectivity index (χ1) is 14.7. The standard InChI is InChI=1S/C26H24F4O/c1-4-18-14-22(16(2)3)23(13-17-5-9-20(10-6-17)26(28,29)30)25(24(18)15-31)19-7-11-21(27)12-8-19/h4-12,14,16,31H,1,13,15H2,2-3H3. The molecule has 0 fully saturated rings. The normalized spacial score (nSPS) is 11.7. The largest absolute Gasteiger partial charge is 0.416 e. The molecule has 0 aromatic heterocycles. The Morgan fingerprint density at radius 3 is 2.06 bits per heavy atom. The van der Waals surface area contributed by atoms with Crippen LogP contribution in [0.15, 0.2) is 61.2 Å². The van der Waals surface area contributed by atoms with Crippen LogP contribution >= 0.6 is 0 Å². The van der Waals surface area contributed by atoms with E-state index in [4.69, 9.17) is 0 Å². The molecule has 162 valence electrons. The Labute approximate surface area is 179 Å². The molecule has 0 spiro atoms. The zero-order chi connectivity index (χ0) is 22.8. The van der Waals surface area contributed by atoms with Gasteiger partial charge in [0.05, 0.1) is 12.2 Å². The molecule has 0 amide bonds. The number of hydrogen-bond donors (Lipinski definition) is 1. The maximum absolute atomic E-state index is 13.6. The molecule has 0 bridgehead atoms. The topological polar surface area (TPSA) is 20.2 Å². The second kappa shape index (κ2) is 9.06. The molecule has 0 aliphatic rings. The lowest BCUT2D eigenvalue weighted by Gasteiger charge is -2.23. The highest BCUT2D eigenvalue weighted by molar-refractivity contribution is 5.78. The van der Waals surface area contributed by atoms with Crippen molar-refractivity contribution in [3.63, 3.8) is 0 Å². The average Bonchev–Trinajstić information content (AvgIpc) is 2.73. The second-order valence-electron chi connectivity index (χ2n) is 7.78. The molecule has 0 unspecified atom stereocenters. The van der Waals surface area contributed by atoms with Crippen molar-refractivity contribution in [2.75, 3.05) is 0 Å². The lowest BCUT2D eigenvalue weighted by Crippen LogP contribution is -2.08. The van der Waals surface area contributed by atoms with Crippen LogP contribution in [0.2, 0.25) is 0 Å². The molecule has 3 aromatic rings. The van der Waals surface area contributed by atoms with Crippen molar-refractivity contribution in [3.8, 4) is 11.1 Å². The van der Waals surface area contributed by atoms with E-state index in [1.807, 2.05) is 19.9 Å². The van der Waals surface area contributed by atoms with Crippen LogP contribution in [0.4, 0.5) is 17.6 Å². The van der Waals surface area contributed by atoms with Crippen molar-refractivity contribution >= 4 is 6.08 Å². The fraction of sp³-hybridized carbons (Fsp3) is 0.231. The van der Waals surface area contributed by atoms with Crippen LogP contribution in [-0.2, 0) is 19.2 Å². The van der Waals surface area contributed by atoms with Gasteiger partial charge < -0.3 is 5.11 Å². The van der Waals surface area contributed by atoms with Gasteiger partial charge in [-0.15, -0.1) is 0 Å². The summed E-state index contributed by atoms with van der Waals surface area (Å²) in [6, 6.07) is 13.1. The van der Waals surface area contributed by atoms with Gasteiger partial charge in [0.1, 0.15) is 5.82 Å². The fourth-order valence-corrected chi connectivity index (χ4v) is 3.85. The summed E-state index contributed by atoms with van der Waals surface area (Å²) >= 11 is 0. The minimum Gasteiger partial charge on any atom is -0.392 e. The summed E-state index contributed by atoms with van der Waals surface area (Å²) in [6.07, 6.45) is -2.34. The third-order valence-corrected chi connectivity index (χ3v) is 5.41. The Balaban J connectivity index is 2.23. The molecule has 3 aromatic carbocycles. The van der Waals surface area contributed by atoms with E-state index in [0.717, 1.165) is 39.9 Å². The first-order valence-electron chi connectivity index (χ1n) is 9.99. The van der Waals surface area contributed by atoms with Crippen LogP contribution in [0.1, 0.15) is 53.1 Å². The minimum absolute atomic E-state index is 0.120. The molecular weight excluding hydrogens is 404 g/mol. The van der Waals surface area contributed by atoms with Crippen molar-refractivity contribution in [2.24, 2.45) is 0 Å². The SMILES string of the molecule is C=Cc1cc(C(C)C)c(Cc2ccc(C(F)(F)F)cc2)c(-c2ccc(F)cc2)c1CO. The van der Waals surface area contributed by atoms with Gasteiger partial charge in [0.25, 0.3) is 0 Å². The summed E-state index contributed by atoms with van der Waals surface area (Å²) in [5, 5.41) is 10.1. The maximum atomic E-state index is 13.6. The summed E-state index contributed by atoms with van der Waals surface area (Å²) in [6.45, 7) is 7.68. The van der Waals surface area contributed by atoms with Crippen molar-refractivity contribution in [2.45, 2.75) is 39.0 Å². The predicted octanol–water partition coefficient (Wildman–Crippen LogP) is 7.36. The van der Waals surface area contributed by atoms with Crippen LogP contribution in [0.3, 0.4) is 0 Å². The third kappa shape index (κ3) is 4.88. The van der Waals surface area contributed by atoms with E-state index in [2.05, 4.69) is 6.58 Å². The first kappa shape index (κ1) is 22.8. The smallest absolute Gasteiger partial charge is 0.392 e. The highest BCUT2D eigenvalue weighted by Gasteiger charge is 2.30. The Morgan fingerprint density at radius 2 is 1.58 bits per heavy atom.